The highest BCUT2D eigenvalue weighted by atomic mass is 35.5. The van der Waals surface area contributed by atoms with Gasteiger partial charge in [0.15, 0.2) is 0 Å². The van der Waals surface area contributed by atoms with Gasteiger partial charge in [0.1, 0.15) is 17.1 Å². The van der Waals surface area contributed by atoms with Crippen LogP contribution in [0.4, 0.5) is 5.69 Å². The lowest BCUT2D eigenvalue weighted by Crippen LogP contribution is -2.15. The predicted molar refractivity (Wildman–Crippen MR) is 88.8 cm³/mol. The van der Waals surface area contributed by atoms with E-state index in [9.17, 15) is 13.2 Å². The van der Waals surface area contributed by atoms with Crippen molar-refractivity contribution in [1.82, 2.24) is 0 Å². The molecular formula is C15H14ClNO6S. The second kappa shape index (κ2) is 7.08. The molecule has 0 aliphatic heterocycles. The highest BCUT2D eigenvalue weighted by Gasteiger charge is 2.20. The van der Waals surface area contributed by atoms with Gasteiger partial charge in [-0.3, -0.25) is 9.35 Å². The first kappa shape index (κ1) is 18.1. The Kier molecular flexibility index (Phi) is 5.33. The van der Waals surface area contributed by atoms with Crippen LogP contribution in [0, 0.1) is 0 Å². The molecular weight excluding hydrogens is 358 g/mol. The lowest BCUT2D eigenvalue weighted by atomic mass is 10.1. The van der Waals surface area contributed by atoms with Gasteiger partial charge in [0.2, 0.25) is 0 Å². The summed E-state index contributed by atoms with van der Waals surface area (Å²) >= 11 is 5.96. The molecule has 0 saturated heterocycles. The number of carbonyl (C=O) groups excluding carboxylic acids is 1. The fourth-order valence-electron chi connectivity index (χ4n) is 2.02. The Labute approximate surface area is 143 Å². The highest BCUT2D eigenvalue weighted by Crippen LogP contribution is 2.31. The second-order valence-corrected chi connectivity index (χ2v) is 6.44. The molecule has 24 heavy (non-hydrogen) atoms. The maximum atomic E-state index is 12.5. The summed E-state index contributed by atoms with van der Waals surface area (Å²) in [5.74, 6) is 0.0564. The van der Waals surface area contributed by atoms with Gasteiger partial charge in [0, 0.05) is 0 Å². The van der Waals surface area contributed by atoms with Crippen LogP contribution in [-0.2, 0) is 10.1 Å². The van der Waals surface area contributed by atoms with E-state index in [0.29, 0.717) is 11.5 Å². The molecule has 0 bridgehead atoms. The Morgan fingerprint density at radius 2 is 1.71 bits per heavy atom. The van der Waals surface area contributed by atoms with Crippen molar-refractivity contribution in [2.75, 3.05) is 19.5 Å². The first-order chi connectivity index (χ1) is 11.3. The summed E-state index contributed by atoms with van der Waals surface area (Å²) in [7, 11) is -1.55. The molecule has 128 valence electrons. The van der Waals surface area contributed by atoms with Crippen LogP contribution >= 0.6 is 11.6 Å². The minimum Gasteiger partial charge on any atom is -0.496 e. The SMILES string of the molecule is COc1cccc(OC)c1C(=O)Nc1ccc(S(=O)(=O)O)cc1Cl. The van der Waals surface area contributed by atoms with Crippen LogP contribution in [0.2, 0.25) is 5.02 Å². The van der Waals surface area contributed by atoms with Crippen LogP contribution in [0.5, 0.6) is 11.5 Å². The quantitative estimate of drug-likeness (QED) is 0.783. The van der Waals surface area contributed by atoms with E-state index in [-0.39, 0.29) is 21.2 Å². The van der Waals surface area contributed by atoms with Crippen LogP contribution < -0.4 is 14.8 Å². The largest absolute Gasteiger partial charge is 0.496 e. The van der Waals surface area contributed by atoms with Gasteiger partial charge in [-0.2, -0.15) is 8.42 Å². The normalized spacial score (nSPS) is 11.0. The first-order valence-electron chi connectivity index (χ1n) is 6.57. The monoisotopic (exact) mass is 371 g/mol. The van der Waals surface area contributed by atoms with Crippen molar-refractivity contribution in [3.05, 3.63) is 47.0 Å². The summed E-state index contributed by atoms with van der Waals surface area (Å²) in [4.78, 5) is 12.1. The Hall–Kier alpha value is -2.29. The predicted octanol–water partition coefficient (Wildman–Crippen LogP) is 2.86. The van der Waals surface area contributed by atoms with Crippen LogP contribution in [0.1, 0.15) is 10.4 Å². The molecule has 0 aliphatic rings. The van der Waals surface area contributed by atoms with Crippen molar-refractivity contribution in [1.29, 1.82) is 0 Å². The third-order valence-electron chi connectivity index (χ3n) is 3.14. The third-order valence-corrected chi connectivity index (χ3v) is 4.30. The summed E-state index contributed by atoms with van der Waals surface area (Å²) in [6, 6.07) is 8.29. The molecule has 0 saturated carbocycles. The van der Waals surface area contributed by atoms with Gasteiger partial charge in [-0.15, -0.1) is 0 Å². The van der Waals surface area contributed by atoms with Crippen molar-refractivity contribution in [2.45, 2.75) is 4.90 Å². The van der Waals surface area contributed by atoms with E-state index in [0.717, 1.165) is 12.1 Å². The Bertz CT molecular complexity index is 859. The Morgan fingerprint density at radius 1 is 1.12 bits per heavy atom. The molecule has 2 N–H and O–H groups in total. The molecule has 0 unspecified atom stereocenters. The smallest absolute Gasteiger partial charge is 0.294 e. The average molecular weight is 372 g/mol. The van der Waals surface area contributed by atoms with Crippen molar-refractivity contribution in [2.24, 2.45) is 0 Å². The van der Waals surface area contributed by atoms with Gasteiger partial charge in [-0.05, 0) is 30.3 Å². The number of ether oxygens (including phenoxy) is 2. The number of rotatable bonds is 5. The molecule has 0 heterocycles. The van der Waals surface area contributed by atoms with E-state index >= 15 is 0 Å². The molecule has 0 fully saturated rings. The average Bonchev–Trinajstić information content (AvgIpc) is 2.54. The van der Waals surface area contributed by atoms with Crippen LogP contribution in [-0.4, -0.2) is 33.1 Å². The number of benzene rings is 2. The van der Waals surface area contributed by atoms with Gasteiger partial charge in [0.05, 0.1) is 29.8 Å². The fourth-order valence-corrected chi connectivity index (χ4v) is 2.82. The molecule has 2 aromatic carbocycles. The molecule has 7 nitrogen and oxygen atoms in total. The lowest BCUT2D eigenvalue weighted by molar-refractivity contribution is 0.102. The van der Waals surface area contributed by atoms with E-state index in [1.165, 1.54) is 20.3 Å². The van der Waals surface area contributed by atoms with Gasteiger partial charge < -0.3 is 14.8 Å². The van der Waals surface area contributed by atoms with Crippen molar-refractivity contribution in [3.63, 3.8) is 0 Å². The second-order valence-electron chi connectivity index (χ2n) is 4.61. The zero-order valence-electron chi connectivity index (χ0n) is 12.7. The first-order valence-corrected chi connectivity index (χ1v) is 8.39. The van der Waals surface area contributed by atoms with E-state index < -0.39 is 16.0 Å². The molecule has 2 aromatic rings. The zero-order valence-corrected chi connectivity index (χ0v) is 14.3. The zero-order chi connectivity index (χ0) is 17.9. The number of carbonyl (C=O) groups is 1. The molecule has 0 atom stereocenters. The summed E-state index contributed by atoms with van der Waals surface area (Å²) < 4.78 is 41.5. The van der Waals surface area contributed by atoms with Gasteiger partial charge in [-0.1, -0.05) is 17.7 Å². The number of anilines is 1. The molecule has 9 heteroatoms. The van der Waals surface area contributed by atoms with Gasteiger partial charge in [-0.25, -0.2) is 0 Å². The standard InChI is InChI=1S/C15H14ClNO6S/c1-22-12-4-3-5-13(23-2)14(12)15(18)17-11-7-6-9(8-10(11)16)24(19,20)21/h3-8H,1-2H3,(H,17,18)(H,19,20,21). The van der Waals surface area contributed by atoms with Crippen molar-refractivity contribution in [3.8, 4) is 11.5 Å². The summed E-state index contributed by atoms with van der Waals surface area (Å²) in [5, 5.41) is 2.50. The number of methoxy groups -OCH3 is 2. The minimum atomic E-state index is -4.38. The van der Waals surface area contributed by atoms with Gasteiger partial charge >= 0.3 is 0 Å². The number of hydrogen-bond donors (Lipinski definition) is 2. The number of hydrogen-bond acceptors (Lipinski definition) is 5. The molecule has 2 rings (SSSR count). The Balaban J connectivity index is 2.38. The minimum absolute atomic E-state index is 0.0488. The molecule has 0 radical (unpaired) electrons. The van der Waals surface area contributed by atoms with Crippen molar-refractivity contribution < 1.29 is 27.2 Å². The van der Waals surface area contributed by atoms with E-state index in [1.807, 2.05) is 0 Å². The fraction of sp³-hybridized carbons (Fsp3) is 0.133. The topological polar surface area (TPSA) is 102 Å². The molecule has 0 aliphatic carbocycles. The van der Waals surface area contributed by atoms with Crippen molar-refractivity contribution >= 4 is 33.3 Å². The van der Waals surface area contributed by atoms with Crippen LogP contribution in [0.3, 0.4) is 0 Å². The maximum absolute atomic E-state index is 12.5. The van der Waals surface area contributed by atoms with Crippen LogP contribution in [0.25, 0.3) is 0 Å². The lowest BCUT2D eigenvalue weighted by Gasteiger charge is -2.13. The molecule has 1 amide bonds. The number of halogens is 1. The number of amides is 1. The maximum Gasteiger partial charge on any atom is 0.294 e. The number of nitrogens with one attached hydrogen (secondary N) is 1. The van der Waals surface area contributed by atoms with Gasteiger partial charge in [0.25, 0.3) is 16.0 Å². The van der Waals surface area contributed by atoms with E-state index in [4.69, 9.17) is 25.6 Å². The van der Waals surface area contributed by atoms with E-state index in [2.05, 4.69) is 5.32 Å². The third kappa shape index (κ3) is 3.78. The van der Waals surface area contributed by atoms with Crippen LogP contribution in [0.15, 0.2) is 41.3 Å². The Morgan fingerprint density at radius 3 is 2.17 bits per heavy atom. The van der Waals surface area contributed by atoms with E-state index in [1.54, 1.807) is 18.2 Å². The highest BCUT2D eigenvalue weighted by molar-refractivity contribution is 7.85. The summed E-state index contributed by atoms with van der Waals surface area (Å²) in [6.45, 7) is 0. The molecule has 0 aromatic heterocycles. The summed E-state index contributed by atoms with van der Waals surface area (Å²) in [6.07, 6.45) is 0. The molecule has 0 spiro atoms. The summed E-state index contributed by atoms with van der Waals surface area (Å²) in [5.41, 5.74) is 0.333.